The third-order valence-electron chi connectivity index (χ3n) is 11.2. The van der Waals surface area contributed by atoms with Gasteiger partial charge in [0.2, 0.25) is 0 Å². The van der Waals surface area contributed by atoms with Gasteiger partial charge in [-0.25, -0.2) is 0 Å². The Hall–Kier alpha value is -6.64. The Labute approximate surface area is 302 Å². The SMILES string of the molecule is C1=Cc2c(c3ccccc3n2-c2ccc(-c3c4ccccc4c(-c4ccc(-n5c6ccccc6c6ccccc65)cc4)c4ccccc34)cc2)CC1. The van der Waals surface area contributed by atoms with Crippen LogP contribution in [0.15, 0.2) is 176 Å². The van der Waals surface area contributed by atoms with Crippen molar-refractivity contribution in [1.82, 2.24) is 9.13 Å². The number of para-hydroxylation sites is 3. The van der Waals surface area contributed by atoms with E-state index in [2.05, 4.69) is 191 Å². The van der Waals surface area contributed by atoms with Gasteiger partial charge in [0.05, 0.1) is 16.6 Å². The van der Waals surface area contributed by atoms with Crippen LogP contribution in [0.4, 0.5) is 0 Å². The zero-order valence-corrected chi connectivity index (χ0v) is 28.6. The van der Waals surface area contributed by atoms with Crippen LogP contribution in [-0.2, 0) is 6.42 Å². The third kappa shape index (κ3) is 4.25. The summed E-state index contributed by atoms with van der Waals surface area (Å²) in [7, 11) is 0. The highest BCUT2D eigenvalue weighted by Gasteiger charge is 2.20. The Morgan fingerprint density at radius 2 is 0.731 bits per heavy atom. The van der Waals surface area contributed by atoms with E-state index in [1.54, 1.807) is 0 Å². The molecule has 2 aromatic heterocycles. The number of rotatable bonds is 4. The fourth-order valence-corrected chi connectivity index (χ4v) is 8.97. The summed E-state index contributed by atoms with van der Waals surface area (Å²) < 4.78 is 4.83. The lowest BCUT2D eigenvalue weighted by Crippen LogP contribution is -2.00. The number of allylic oxidation sites excluding steroid dienone is 1. The minimum atomic E-state index is 1.09. The summed E-state index contributed by atoms with van der Waals surface area (Å²) in [4.78, 5) is 0. The van der Waals surface area contributed by atoms with Crippen LogP contribution in [-0.4, -0.2) is 9.13 Å². The van der Waals surface area contributed by atoms with Crippen LogP contribution >= 0.6 is 0 Å². The van der Waals surface area contributed by atoms with E-state index < -0.39 is 0 Å². The zero-order valence-electron chi connectivity index (χ0n) is 28.6. The molecule has 8 aromatic carbocycles. The van der Waals surface area contributed by atoms with Crippen LogP contribution in [0.1, 0.15) is 17.7 Å². The normalized spacial score (nSPS) is 12.8. The van der Waals surface area contributed by atoms with Crippen LogP contribution in [0.3, 0.4) is 0 Å². The van der Waals surface area contributed by atoms with E-state index in [1.165, 1.54) is 99.1 Å². The molecule has 0 radical (unpaired) electrons. The number of aryl methyl sites for hydroxylation is 1. The van der Waals surface area contributed by atoms with E-state index in [0.717, 1.165) is 12.8 Å². The Morgan fingerprint density at radius 1 is 0.346 bits per heavy atom. The first kappa shape index (κ1) is 29.1. The van der Waals surface area contributed by atoms with Crippen molar-refractivity contribution >= 4 is 60.3 Å². The second-order valence-electron chi connectivity index (χ2n) is 14.0. The van der Waals surface area contributed by atoms with Gasteiger partial charge < -0.3 is 9.13 Å². The molecule has 0 fully saturated rings. The van der Waals surface area contributed by atoms with E-state index in [9.17, 15) is 0 Å². The maximum absolute atomic E-state index is 2.44. The van der Waals surface area contributed by atoms with Crippen molar-refractivity contribution in [2.75, 3.05) is 0 Å². The second-order valence-corrected chi connectivity index (χ2v) is 14.0. The van der Waals surface area contributed by atoms with Crippen molar-refractivity contribution in [2.24, 2.45) is 0 Å². The molecule has 1 aliphatic carbocycles. The van der Waals surface area contributed by atoms with Gasteiger partial charge in [-0.3, -0.25) is 0 Å². The highest BCUT2D eigenvalue weighted by molar-refractivity contribution is 6.21. The fraction of sp³-hybridized carbons (Fsp3) is 0.0400. The van der Waals surface area contributed by atoms with Crippen molar-refractivity contribution < 1.29 is 0 Å². The van der Waals surface area contributed by atoms with Crippen LogP contribution in [0.25, 0.3) is 94.0 Å². The first-order valence-electron chi connectivity index (χ1n) is 18.3. The molecule has 2 heteroatoms. The molecule has 0 spiro atoms. The summed E-state index contributed by atoms with van der Waals surface area (Å²) in [5.74, 6) is 0. The largest absolute Gasteiger partial charge is 0.310 e. The molecule has 2 nitrogen and oxygen atoms in total. The summed E-state index contributed by atoms with van der Waals surface area (Å²) in [6.45, 7) is 0. The van der Waals surface area contributed by atoms with Crippen molar-refractivity contribution in [3.05, 3.63) is 187 Å². The number of benzene rings is 8. The summed E-state index contributed by atoms with van der Waals surface area (Å²) >= 11 is 0. The molecule has 0 amide bonds. The van der Waals surface area contributed by atoms with Crippen molar-refractivity contribution in [2.45, 2.75) is 12.8 Å². The van der Waals surface area contributed by atoms with Gasteiger partial charge in [-0.1, -0.05) is 133 Å². The monoisotopic (exact) mass is 662 g/mol. The predicted molar refractivity (Wildman–Crippen MR) is 221 cm³/mol. The highest BCUT2D eigenvalue weighted by Crippen LogP contribution is 2.44. The van der Waals surface area contributed by atoms with Gasteiger partial charge in [-0.2, -0.15) is 0 Å². The van der Waals surface area contributed by atoms with Gasteiger partial charge in [-0.15, -0.1) is 0 Å². The quantitative estimate of drug-likeness (QED) is 0.166. The first-order chi connectivity index (χ1) is 25.8. The molecule has 2 heterocycles. The lowest BCUT2D eigenvalue weighted by molar-refractivity contribution is 0.967. The molecule has 52 heavy (non-hydrogen) atoms. The van der Waals surface area contributed by atoms with Crippen LogP contribution in [0.2, 0.25) is 0 Å². The van der Waals surface area contributed by atoms with E-state index in [1.807, 2.05) is 0 Å². The minimum absolute atomic E-state index is 1.09. The molecule has 11 rings (SSSR count). The van der Waals surface area contributed by atoms with Gasteiger partial charge in [0.1, 0.15) is 0 Å². The maximum Gasteiger partial charge on any atom is 0.0541 e. The molecule has 0 unspecified atom stereocenters. The number of nitrogens with zero attached hydrogens (tertiary/aromatic N) is 2. The van der Waals surface area contributed by atoms with Crippen LogP contribution < -0.4 is 0 Å². The second kappa shape index (κ2) is 11.4. The predicted octanol–water partition coefficient (Wildman–Crippen LogP) is 13.3. The number of hydrogen-bond donors (Lipinski definition) is 0. The third-order valence-corrected chi connectivity index (χ3v) is 11.2. The molecule has 0 N–H and O–H groups in total. The molecule has 244 valence electrons. The average molecular weight is 663 g/mol. The van der Waals surface area contributed by atoms with Gasteiger partial charge in [0.15, 0.2) is 0 Å². The topological polar surface area (TPSA) is 9.86 Å². The van der Waals surface area contributed by atoms with Gasteiger partial charge in [-0.05, 0) is 111 Å². The Morgan fingerprint density at radius 3 is 1.21 bits per heavy atom. The Balaban J connectivity index is 1.07. The molecular formula is C50H34N2. The van der Waals surface area contributed by atoms with E-state index in [-0.39, 0.29) is 0 Å². The molecule has 0 saturated heterocycles. The fourth-order valence-electron chi connectivity index (χ4n) is 8.97. The average Bonchev–Trinajstić information content (AvgIpc) is 3.73. The number of hydrogen-bond acceptors (Lipinski definition) is 0. The van der Waals surface area contributed by atoms with Crippen LogP contribution in [0.5, 0.6) is 0 Å². The summed E-state index contributed by atoms with van der Waals surface area (Å²) in [6.07, 6.45) is 6.80. The van der Waals surface area contributed by atoms with E-state index in [4.69, 9.17) is 0 Å². The molecule has 0 aliphatic heterocycles. The standard InChI is InChI=1S/C50H34N2/c1-2-18-42-41(17-1)49(33-25-29-35(30-26-33)51-45-21-9-5-13-37(45)38-14-6-10-22-46(38)51)43-19-3-4-20-44(43)50(42)34-27-31-36(32-28-34)52-47-23-11-7-15-39(47)40-16-8-12-24-48(40)52/h1-7,9-15,17-32H,8,16H2. The molecule has 0 saturated carbocycles. The lowest BCUT2D eigenvalue weighted by Gasteiger charge is -2.18. The van der Waals surface area contributed by atoms with E-state index in [0.29, 0.717) is 0 Å². The van der Waals surface area contributed by atoms with Crippen LogP contribution in [0, 0.1) is 0 Å². The molecule has 1 aliphatic rings. The minimum Gasteiger partial charge on any atom is -0.310 e. The molecule has 10 aromatic rings. The zero-order chi connectivity index (χ0) is 34.2. The van der Waals surface area contributed by atoms with Crippen molar-refractivity contribution in [1.29, 1.82) is 0 Å². The Bertz CT molecular complexity index is 2930. The lowest BCUT2D eigenvalue weighted by atomic mass is 9.86. The molecular weight excluding hydrogens is 629 g/mol. The summed E-state index contributed by atoms with van der Waals surface area (Å²) in [5, 5.41) is 8.98. The van der Waals surface area contributed by atoms with Gasteiger partial charge in [0.25, 0.3) is 0 Å². The smallest absolute Gasteiger partial charge is 0.0541 e. The Kier molecular flexibility index (Phi) is 6.41. The van der Waals surface area contributed by atoms with Crippen molar-refractivity contribution in [3.8, 4) is 33.6 Å². The summed E-state index contributed by atoms with van der Waals surface area (Å²) in [6, 6.07) is 62.5. The van der Waals surface area contributed by atoms with Gasteiger partial charge >= 0.3 is 0 Å². The van der Waals surface area contributed by atoms with Crippen molar-refractivity contribution in [3.63, 3.8) is 0 Å². The molecule has 0 atom stereocenters. The van der Waals surface area contributed by atoms with Gasteiger partial charge in [0, 0.05) is 33.2 Å². The first-order valence-corrected chi connectivity index (χ1v) is 18.3. The molecule has 0 bridgehead atoms. The summed E-state index contributed by atoms with van der Waals surface area (Å²) in [5.41, 5.74) is 13.9. The maximum atomic E-state index is 2.44. The number of fused-ring (bicyclic) bond motifs is 8. The highest BCUT2D eigenvalue weighted by atomic mass is 15.0. The van der Waals surface area contributed by atoms with E-state index >= 15 is 0 Å². The number of aromatic nitrogens is 2.